The lowest BCUT2D eigenvalue weighted by Gasteiger charge is -2.26. The average molecular weight is 425 g/mol. The molecule has 0 bridgehead atoms. The highest BCUT2D eigenvalue weighted by Crippen LogP contribution is 2.33. The lowest BCUT2D eigenvalue weighted by Crippen LogP contribution is -2.45. The quantitative estimate of drug-likeness (QED) is 0.734. The maximum atomic E-state index is 12.8. The molecule has 0 unspecified atom stereocenters. The molecule has 0 radical (unpaired) electrons. The smallest absolute Gasteiger partial charge is 0.318 e. The maximum Gasteiger partial charge on any atom is 0.318 e. The van der Waals surface area contributed by atoms with Crippen molar-refractivity contribution in [1.29, 1.82) is 0 Å². The summed E-state index contributed by atoms with van der Waals surface area (Å²) in [6, 6.07) is 13.3. The third-order valence-electron chi connectivity index (χ3n) is 5.07. The zero-order chi connectivity index (χ0) is 21.8. The third kappa shape index (κ3) is 5.02. The first-order valence-corrected chi connectivity index (χ1v) is 10.3. The van der Waals surface area contributed by atoms with Crippen molar-refractivity contribution in [2.24, 2.45) is 5.16 Å². The van der Waals surface area contributed by atoms with Gasteiger partial charge in [0.15, 0.2) is 17.6 Å². The van der Waals surface area contributed by atoms with Crippen LogP contribution in [0.5, 0.6) is 17.2 Å². The van der Waals surface area contributed by atoms with Crippen LogP contribution in [0, 0.1) is 0 Å². The van der Waals surface area contributed by atoms with Crippen LogP contribution in [-0.4, -0.2) is 49.2 Å². The Hall–Kier alpha value is -3.42. The van der Waals surface area contributed by atoms with E-state index < -0.39 is 0 Å². The second-order valence-electron chi connectivity index (χ2n) is 7.87. The molecule has 4 rings (SSSR count). The van der Waals surface area contributed by atoms with Crippen molar-refractivity contribution in [3.8, 4) is 17.2 Å². The van der Waals surface area contributed by atoms with Gasteiger partial charge in [0.2, 0.25) is 6.79 Å². The van der Waals surface area contributed by atoms with Gasteiger partial charge in [-0.3, -0.25) is 0 Å². The Balaban J connectivity index is 1.43. The molecule has 0 aliphatic carbocycles. The lowest BCUT2D eigenvalue weighted by molar-refractivity contribution is 0.0586. The highest BCUT2D eigenvalue weighted by Gasteiger charge is 2.28. The molecule has 0 saturated heterocycles. The number of carbonyl (C=O) groups excluding carboxylic acids is 1. The Morgan fingerprint density at radius 2 is 2.06 bits per heavy atom. The first-order chi connectivity index (χ1) is 15.0. The van der Waals surface area contributed by atoms with E-state index in [4.69, 9.17) is 19.0 Å². The topological polar surface area (TPSA) is 81.6 Å². The van der Waals surface area contributed by atoms with Gasteiger partial charge in [-0.25, -0.2) is 4.79 Å². The van der Waals surface area contributed by atoms with Crippen molar-refractivity contribution in [3.63, 3.8) is 0 Å². The number of urea groups is 1. The molecule has 2 amide bonds. The Kier molecular flexibility index (Phi) is 6.16. The predicted molar refractivity (Wildman–Crippen MR) is 116 cm³/mol. The molecule has 2 heterocycles. The van der Waals surface area contributed by atoms with Crippen LogP contribution in [0.2, 0.25) is 0 Å². The van der Waals surface area contributed by atoms with Gasteiger partial charge in [0.05, 0.1) is 19.4 Å². The standard InChI is InChI=1S/C23H27N3O5/c1-15(2)24-23(27)26(12-16-5-4-6-18(9-16)28-3)13-19-11-20(25-31-19)17-7-8-21-22(10-17)30-14-29-21/h4-10,15,19H,11-14H2,1-3H3,(H,24,27)/t19-/m1/s1. The summed E-state index contributed by atoms with van der Waals surface area (Å²) in [6.45, 7) is 4.96. The van der Waals surface area contributed by atoms with Crippen molar-refractivity contribution in [2.45, 2.75) is 39.0 Å². The van der Waals surface area contributed by atoms with E-state index in [2.05, 4.69) is 10.5 Å². The molecule has 2 aliphatic heterocycles. The molecule has 0 fully saturated rings. The lowest BCUT2D eigenvalue weighted by atomic mass is 10.0. The normalized spacial score (nSPS) is 16.6. The van der Waals surface area contributed by atoms with Crippen LogP contribution >= 0.6 is 0 Å². The first kappa shape index (κ1) is 20.8. The van der Waals surface area contributed by atoms with Gasteiger partial charge in [-0.05, 0) is 49.7 Å². The fraction of sp³-hybridized carbons (Fsp3) is 0.391. The molecule has 31 heavy (non-hydrogen) atoms. The summed E-state index contributed by atoms with van der Waals surface area (Å²) in [7, 11) is 1.63. The summed E-state index contributed by atoms with van der Waals surface area (Å²) < 4.78 is 16.1. The number of methoxy groups -OCH3 is 1. The number of hydrogen-bond acceptors (Lipinski definition) is 6. The van der Waals surface area contributed by atoms with E-state index in [0.29, 0.717) is 25.3 Å². The second kappa shape index (κ2) is 9.16. The molecule has 2 aromatic carbocycles. The fourth-order valence-electron chi connectivity index (χ4n) is 3.57. The van der Waals surface area contributed by atoms with E-state index in [0.717, 1.165) is 28.3 Å². The largest absolute Gasteiger partial charge is 0.497 e. The fourth-order valence-corrected chi connectivity index (χ4v) is 3.57. The van der Waals surface area contributed by atoms with Gasteiger partial charge in [0, 0.05) is 24.6 Å². The van der Waals surface area contributed by atoms with Crippen molar-refractivity contribution in [1.82, 2.24) is 10.2 Å². The molecule has 1 N–H and O–H groups in total. The van der Waals surface area contributed by atoms with Crippen LogP contribution in [0.15, 0.2) is 47.6 Å². The van der Waals surface area contributed by atoms with Crippen LogP contribution < -0.4 is 19.5 Å². The number of benzene rings is 2. The van der Waals surface area contributed by atoms with Gasteiger partial charge in [-0.1, -0.05) is 17.3 Å². The van der Waals surface area contributed by atoms with Crippen molar-refractivity contribution in [2.75, 3.05) is 20.4 Å². The zero-order valence-electron chi connectivity index (χ0n) is 18.0. The first-order valence-electron chi connectivity index (χ1n) is 10.3. The van der Waals surface area contributed by atoms with Crippen LogP contribution in [0.4, 0.5) is 4.79 Å². The van der Waals surface area contributed by atoms with Crippen molar-refractivity contribution < 1.29 is 23.8 Å². The number of hydrogen-bond donors (Lipinski definition) is 1. The minimum atomic E-state index is -0.232. The molecule has 8 heteroatoms. The van der Waals surface area contributed by atoms with Crippen molar-refractivity contribution >= 4 is 11.7 Å². The number of fused-ring (bicyclic) bond motifs is 1. The van der Waals surface area contributed by atoms with E-state index in [-0.39, 0.29) is 25.0 Å². The molecule has 0 aromatic heterocycles. The van der Waals surface area contributed by atoms with E-state index in [1.54, 1.807) is 12.0 Å². The van der Waals surface area contributed by atoms with E-state index in [9.17, 15) is 4.79 Å². The summed E-state index contributed by atoms with van der Waals surface area (Å²) in [6.07, 6.45) is 0.368. The molecule has 164 valence electrons. The number of rotatable bonds is 7. The number of nitrogens with one attached hydrogen (secondary N) is 1. The maximum absolute atomic E-state index is 12.8. The Morgan fingerprint density at radius 3 is 2.87 bits per heavy atom. The van der Waals surface area contributed by atoms with Gasteiger partial charge in [-0.15, -0.1) is 0 Å². The van der Waals surface area contributed by atoms with Gasteiger partial charge < -0.3 is 29.3 Å². The number of nitrogens with zero attached hydrogens (tertiary/aromatic N) is 2. The van der Waals surface area contributed by atoms with Crippen LogP contribution in [0.25, 0.3) is 0 Å². The van der Waals surface area contributed by atoms with E-state index in [1.807, 2.05) is 56.3 Å². The minimum Gasteiger partial charge on any atom is -0.497 e. The van der Waals surface area contributed by atoms with E-state index >= 15 is 0 Å². The monoisotopic (exact) mass is 425 g/mol. The van der Waals surface area contributed by atoms with Crippen LogP contribution in [0.3, 0.4) is 0 Å². The second-order valence-corrected chi connectivity index (χ2v) is 7.87. The highest BCUT2D eigenvalue weighted by molar-refractivity contribution is 6.01. The van der Waals surface area contributed by atoms with Gasteiger partial charge in [-0.2, -0.15) is 0 Å². The molecule has 0 saturated carbocycles. The van der Waals surface area contributed by atoms with Gasteiger partial charge in [0.25, 0.3) is 0 Å². The summed E-state index contributed by atoms with van der Waals surface area (Å²) in [5.74, 6) is 2.20. The molecular formula is C23H27N3O5. The molecular weight excluding hydrogens is 398 g/mol. The van der Waals surface area contributed by atoms with Crippen LogP contribution in [0.1, 0.15) is 31.4 Å². The molecule has 2 aliphatic rings. The van der Waals surface area contributed by atoms with Crippen molar-refractivity contribution in [3.05, 3.63) is 53.6 Å². The Morgan fingerprint density at radius 1 is 1.23 bits per heavy atom. The molecule has 2 aromatic rings. The molecule has 8 nitrogen and oxygen atoms in total. The number of oxime groups is 1. The Labute approximate surface area is 181 Å². The summed E-state index contributed by atoms with van der Waals surface area (Å²) in [4.78, 5) is 20.3. The number of carbonyl (C=O) groups is 1. The van der Waals surface area contributed by atoms with E-state index in [1.165, 1.54) is 0 Å². The highest BCUT2D eigenvalue weighted by atomic mass is 16.7. The summed E-state index contributed by atoms with van der Waals surface area (Å²) >= 11 is 0. The number of amides is 2. The van der Waals surface area contributed by atoms with Gasteiger partial charge in [0.1, 0.15) is 5.75 Å². The number of ether oxygens (including phenoxy) is 3. The molecule has 0 spiro atoms. The minimum absolute atomic E-state index is 0.0326. The van der Waals surface area contributed by atoms with Gasteiger partial charge >= 0.3 is 6.03 Å². The molecule has 1 atom stereocenters. The Bertz CT molecular complexity index is 975. The van der Waals surface area contributed by atoms with Crippen LogP contribution in [-0.2, 0) is 11.4 Å². The SMILES string of the molecule is COc1cccc(CN(C[C@H]2CC(c3ccc4c(c3)OCO4)=NO2)C(=O)NC(C)C)c1. The summed E-state index contributed by atoms with van der Waals surface area (Å²) in [5, 5.41) is 7.23. The predicted octanol–water partition coefficient (Wildman–Crippen LogP) is 3.54. The summed E-state index contributed by atoms with van der Waals surface area (Å²) in [5.41, 5.74) is 2.74. The average Bonchev–Trinajstić information content (AvgIpc) is 3.41. The third-order valence-corrected chi connectivity index (χ3v) is 5.07. The zero-order valence-corrected chi connectivity index (χ0v) is 18.0.